The summed E-state index contributed by atoms with van der Waals surface area (Å²) in [6, 6.07) is 17.0. The number of rotatable bonds is 5. The molecule has 3 heterocycles. The van der Waals surface area contributed by atoms with Crippen LogP contribution in [0.25, 0.3) is 0 Å². The second-order valence-electron chi connectivity index (χ2n) is 6.75. The van der Waals surface area contributed by atoms with Crippen molar-refractivity contribution in [1.82, 2.24) is 14.9 Å². The van der Waals surface area contributed by atoms with E-state index in [4.69, 9.17) is 4.74 Å². The fraction of sp³-hybridized carbons (Fsp3) is 0.227. The van der Waals surface area contributed by atoms with Crippen LogP contribution in [0, 0.1) is 0 Å². The van der Waals surface area contributed by atoms with Gasteiger partial charge >= 0.3 is 0 Å². The van der Waals surface area contributed by atoms with Crippen LogP contribution in [0.15, 0.2) is 67.0 Å². The normalized spacial score (nSPS) is 13.8. The number of aromatic nitrogens is 2. The third-order valence-corrected chi connectivity index (χ3v) is 4.91. The molecule has 0 unspecified atom stereocenters. The predicted molar refractivity (Wildman–Crippen MR) is 113 cm³/mol. The van der Waals surface area contributed by atoms with Crippen molar-refractivity contribution in [3.05, 3.63) is 72.6 Å². The van der Waals surface area contributed by atoms with Gasteiger partial charge in [-0.25, -0.2) is 9.97 Å². The van der Waals surface area contributed by atoms with Gasteiger partial charge in [-0.3, -0.25) is 4.79 Å². The molecular formula is C22H23N5O2. The lowest BCUT2D eigenvalue weighted by molar-refractivity contribution is 0.0746. The van der Waals surface area contributed by atoms with Crippen molar-refractivity contribution in [3.8, 4) is 5.75 Å². The Labute approximate surface area is 170 Å². The molecule has 3 aromatic rings. The molecule has 7 nitrogen and oxygen atoms in total. The molecule has 0 spiro atoms. The topological polar surface area (TPSA) is 70.6 Å². The molecule has 1 amide bonds. The molecule has 0 aliphatic carbocycles. The SMILES string of the molecule is COc1ccc(Nc2cc(C(=O)N3CCN(c4ccccn4)CC3)ccn2)cc1. The van der Waals surface area contributed by atoms with Gasteiger partial charge in [0.15, 0.2) is 0 Å². The van der Waals surface area contributed by atoms with E-state index in [1.807, 2.05) is 47.4 Å². The minimum atomic E-state index is 0.0193. The standard InChI is InChI=1S/C22H23N5O2/c1-29-19-7-5-18(6-8-19)25-20-16-17(9-11-23-20)22(28)27-14-12-26(13-15-27)21-4-2-3-10-24-21/h2-11,16H,12-15H2,1H3,(H,23,25). The second kappa shape index (κ2) is 8.60. The van der Waals surface area contributed by atoms with E-state index in [1.165, 1.54) is 0 Å². The van der Waals surface area contributed by atoms with E-state index in [-0.39, 0.29) is 5.91 Å². The quantitative estimate of drug-likeness (QED) is 0.723. The highest BCUT2D eigenvalue weighted by Gasteiger charge is 2.23. The van der Waals surface area contributed by atoms with Crippen LogP contribution in [-0.4, -0.2) is 54.1 Å². The number of hydrogen-bond acceptors (Lipinski definition) is 6. The van der Waals surface area contributed by atoms with E-state index >= 15 is 0 Å². The lowest BCUT2D eigenvalue weighted by Gasteiger charge is -2.35. The monoisotopic (exact) mass is 389 g/mol. The molecule has 1 aromatic carbocycles. The largest absolute Gasteiger partial charge is 0.497 e. The number of ether oxygens (including phenoxy) is 1. The van der Waals surface area contributed by atoms with Crippen molar-refractivity contribution >= 4 is 23.2 Å². The number of methoxy groups -OCH3 is 1. The van der Waals surface area contributed by atoms with Crippen molar-refractivity contribution in [1.29, 1.82) is 0 Å². The van der Waals surface area contributed by atoms with Crippen molar-refractivity contribution in [3.63, 3.8) is 0 Å². The second-order valence-corrected chi connectivity index (χ2v) is 6.75. The fourth-order valence-electron chi connectivity index (χ4n) is 3.32. The summed E-state index contributed by atoms with van der Waals surface area (Å²) in [5, 5.41) is 3.23. The van der Waals surface area contributed by atoms with Crippen LogP contribution >= 0.6 is 0 Å². The van der Waals surface area contributed by atoms with E-state index in [1.54, 1.807) is 31.6 Å². The van der Waals surface area contributed by atoms with Crippen molar-refractivity contribution in [2.24, 2.45) is 0 Å². The molecule has 29 heavy (non-hydrogen) atoms. The molecule has 1 saturated heterocycles. The number of anilines is 3. The summed E-state index contributed by atoms with van der Waals surface area (Å²) in [6.07, 6.45) is 3.45. The van der Waals surface area contributed by atoms with Crippen LogP contribution in [0.1, 0.15) is 10.4 Å². The molecule has 0 radical (unpaired) electrons. The Morgan fingerprint density at radius 2 is 1.76 bits per heavy atom. The van der Waals surface area contributed by atoms with Gasteiger partial charge in [0.25, 0.3) is 5.91 Å². The van der Waals surface area contributed by atoms with Gasteiger partial charge in [-0.05, 0) is 48.5 Å². The first kappa shape index (κ1) is 18.7. The van der Waals surface area contributed by atoms with Crippen LogP contribution in [-0.2, 0) is 0 Å². The summed E-state index contributed by atoms with van der Waals surface area (Å²) in [5.41, 5.74) is 1.51. The zero-order valence-electron chi connectivity index (χ0n) is 16.3. The average Bonchev–Trinajstić information content (AvgIpc) is 2.80. The molecule has 7 heteroatoms. The number of amides is 1. The average molecular weight is 389 g/mol. The Kier molecular flexibility index (Phi) is 5.56. The maximum Gasteiger partial charge on any atom is 0.254 e. The smallest absolute Gasteiger partial charge is 0.254 e. The number of nitrogens with one attached hydrogen (secondary N) is 1. The minimum absolute atomic E-state index is 0.0193. The van der Waals surface area contributed by atoms with E-state index in [2.05, 4.69) is 20.2 Å². The highest BCUT2D eigenvalue weighted by Crippen LogP contribution is 2.20. The summed E-state index contributed by atoms with van der Waals surface area (Å²) in [4.78, 5) is 25.8. The van der Waals surface area contributed by atoms with Crippen LogP contribution < -0.4 is 15.0 Å². The van der Waals surface area contributed by atoms with Crippen LogP contribution in [0.5, 0.6) is 5.75 Å². The maximum absolute atomic E-state index is 13.0. The van der Waals surface area contributed by atoms with E-state index in [0.29, 0.717) is 24.5 Å². The first-order valence-corrected chi connectivity index (χ1v) is 9.55. The summed E-state index contributed by atoms with van der Waals surface area (Å²) >= 11 is 0. The van der Waals surface area contributed by atoms with Crippen LogP contribution in [0.4, 0.5) is 17.3 Å². The van der Waals surface area contributed by atoms with Gasteiger partial charge in [-0.1, -0.05) is 6.07 Å². The Balaban J connectivity index is 1.39. The number of piperazine rings is 1. The van der Waals surface area contributed by atoms with Gasteiger partial charge in [-0.15, -0.1) is 0 Å². The van der Waals surface area contributed by atoms with E-state index in [0.717, 1.165) is 30.3 Å². The Morgan fingerprint density at radius 3 is 2.45 bits per heavy atom. The summed E-state index contributed by atoms with van der Waals surface area (Å²) in [6.45, 7) is 2.87. The maximum atomic E-state index is 13.0. The number of benzene rings is 1. The molecule has 1 aliphatic heterocycles. The Bertz CT molecular complexity index is 954. The number of hydrogen-bond donors (Lipinski definition) is 1. The summed E-state index contributed by atoms with van der Waals surface area (Å²) < 4.78 is 5.17. The molecule has 1 aliphatic rings. The Hall–Kier alpha value is -3.61. The number of nitrogens with zero attached hydrogens (tertiary/aromatic N) is 4. The molecule has 1 N–H and O–H groups in total. The zero-order chi connectivity index (χ0) is 20.1. The molecule has 0 atom stereocenters. The number of carbonyl (C=O) groups is 1. The predicted octanol–water partition coefficient (Wildman–Crippen LogP) is 3.19. The van der Waals surface area contributed by atoms with Gasteiger partial charge in [0.2, 0.25) is 0 Å². The van der Waals surface area contributed by atoms with Gasteiger partial charge in [0.1, 0.15) is 17.4 Å². The van der Waals surface area contributed by atoms with Gasteiger partial charge < -0.3 is 19.9 Å². The number of pyridine rings is 2. The molecule has 1 fully saturated rings. The van der Waals surface area contributed by atoms with E-state index < -0.39 is 0 Å². The van der Waals surface area contributed by atoms with E-state index in [9.17, 15) is 4.79 Å². The van der Waals surface area contributed by atoms with Gasteiger partial charge in [0, 0.05) is 49.8 Å². The lowest BCUT2D eigenvalue weighted by atomic mass is 10.2. The van der Waals surface area contributed by atoms with Crippen LogP contribution in [0.3, 0.4) is 0 Å². The first-order chi connectivity index (χ1) is 14.2. The molecule has 2 aromatic heterocycles. The van der Waals surface area contributed by atoms with Crippen LogP contribution in [0.2, 0.25) is 0 Å². The molecule has 0 saturated carbocycles. The lowest BCUT2D eigenvalue weighted by Crippen LogP contribution is -2.49. The zero-order valence-corrected chi connectivity index (χ0v) is 16.3. The molecular weight excluding hydrogens is 366 g/mol. The van der Waals surface area contributed by atoms with Crippen molar-refractivity contribution < 1.29 is 9.53 Å². The fourth-order valence-corrected chi connectivity index (χ4v) is 3.32. The first-order valence-electron chi connectivity index (χ1n) is 9.55. The Morgan fingerprint density at radius 1 is 0.966 bits per heavy atom. The van der Waals surface area contributed by atoms with Gasteiger partial charge in [0.05, 0.1) is 7.11 Å². The van der Waals surface area contributed by atoms with Crippen molar-refractivity contribution in [2.45, 2.75) is 0 Å². The number of carbonyl (C=O) groups excluding carboxylic acids is 1. The van der Waals surface area contributed by atoms with Crippen molar-refractivity contribution in [2.75, 3.05) is 43.5 Å². The molecule has 0 bridgehead atoms. The minimum Gasteiger partial charge on any atom is -0.497 e. The highest BCUT2D eigenvalue weighted by molar-refractivity contribution is 5.95. The van der Waals surface area contributed by atoms with Gasteiger partial charge in [-0.2, -0.15) is 0 Å². The molecule has 148 valence electrons. The molecule has 4 rings (SSSR count). The highest BCUT2D eigenvalue weighted by atomic mass is 16.5. The summed E-state index contributed by atoms with van der Waals surface area (Å²) in [7, 11) is 1.63. The third kappa shape index (κ3) is 4.45. The summed E-state index contributed by atoms with van der Waals surface area (Å²) in [5.74, 6) is 2.39. The third-order valence-electron chi connectivity index (χ3n) is 4.91.